The van der Waals surface area contributed by atoms with Crippen molar-refractivity contribution in [2.45, 2.75) is 19.8 Å². The zero-order valence-electron chi connectivity index (χ0n) is 8.32. The van der Waals surface area contributed by atoms with E-state index in [-0.39, 0.29) is 26.4 Å². The second-order valence-corrected chi connectivity index (χ2v) is 2.01. The minimum atomic E-state index is -0.125. The van der Waals surface area contributed by atoms with E-state index in [9.17, 15) is 0 Å². The van der Waals surface area contributed by atoms with E-state index in [0.717, 1.165) is 12.8 Å². The van der Waals surface area contributed by atoms with Gasteiger partial charge in [0.15, 0.2) is 0 Å². The average Bonchev–Trinajstić information content (AvgIpc) is 2.16. The quantitative estimate of drug-likeness (QED) is 0.372. The van der Waals surface area contributed by atoms with Crippen LogP contribution in [0.3, 0.4) is 0 Å². The first-order valence-corrected chi connectivity index (χ1v) is 4.25. The van der Waals surface area contributed by atoms with E-state index in [4.69, 9.17) is 20.4 Å². The van der Waals surface area contributed by atoms with Gasteiger partial charge in [-0.15, -0.1) is 6.58 Å². The monoisotopic (exact) mass is 194 g/mol. The van der Waals surface area contributed by atoms with Gasteiger partial charge in [0.05, 0.1) is 13.2 Å². The highest BCUT2D eigenvalue weighted by Gasteiger charge is 1.77. The molecule has 0 aliphatic rings. The van der Waals surface area contributed by atoms with Crippen molar-refractivity contribution in [3.05, 3.63) is 12.7 Å². The predicted octanol–water partition coefficient (Wildman–Crippen LogP) is -0.0855. The fourth-order valence-electron chi connectivity index (χ4n) is 0.224. The molecule has 0 saturated carbocycles. The molecule has 0 amide bonds. The Labute approximate surface area is 80.2 Å². The first-order chi connectivity index (χ1) is 6.24. The van der Waals surface area contributed by atoms with E-state index in [2.05, 4.69) is 6.58 Å². The lowest BCUT2D eigenvalue weighted by Crippen LogP contribution is -1.85. The van der Waals surface area contributed by atoms with Gasteiger partial charge in [-0.3, -0.25) is 0 Å². The van der Waals surface area contributed by atoms with Crippen molar-refractivity contribution >= 4 is 0 Å². The summed E-state index contributed by atoms with van der Waals surface area (Å²) in [5.41, 5.74) is 0. The van der Waals surface area contributed by atoms with Crippen LogP contribution < -0.4 is 0 Å². The molecule has 82 valence electrons. The summed E-state index contributed by atoms with van der Waals surface area (Å²) in [5, 5.41) is 31.4. The van der Waals surface area contributed by atoms with E-state index < -0.39 is 0 Å². The molecular formula is C9H22O4. The van der Waals surface area contributed by atoms with Crippen molar-refractivity contribution in [3.8, 4) is 0 Å². The molecule has 0 heterocycles. The molecule has 0 spiro atoms. The number of unbranched alkanes of at least 4 members (excludes halogenated alkanes) is 1. The van der Waals surface area contributed by atoms with Crippen LogP contribution in [-0.2, 0) is 0 Å². The SMILES string of the molecule is C=CC.OCCCCO.OCCO. The molecule has 0 aromatic heterocycles. The number of rotatable bonds is 4. The number of hydrogen-bond donors (Lipinski definition) is 4. The number of hydrogen-bond acceptors (Lipinski definition) is 4. The van der Waals surface area contributed by atoms with Crippen molar-refractivity contribution in [2.75, 3.05) is 26.4 Å². The third kappa shape index (κ3) is 82.9. The van der Waals surface area contributed by atoms with Gasteiger partial charge in [-0.05, 0) is 19.8 Å². The van der Waals surface area contributed by atoms with Crippen molar-refractivity contribution in [2.24, 2.45) is 0 Å². The Balaban J connectivity index is -0.000000125. The Morgan fingerprint density at radius 3 is 1.15 bits per heavy atom. The van der Waals surface area contributed by atoms with Crippen molar-refractivity contribution in [1.82, 2.24) is 0 Å². The summed E-state index contributed by atoms with van der Waals surface area (Å²) in [6.45, 7) is 5.39. The largest absolute Gasteiger partial charge is 0.396 e. The summed E-state index contributed by atoms with van der Waals surface area (Å²) in [6, 6.07) is 0. The van der Waals surface area contributed by atoms with Crippen molar-refractivity contribution in [3.63, 3.8) is 0 Å². The maximum absolute atomic E-state index is 8.09. The first kappa shape index (κ1) is 18.4. The lowest BCUT2D eigenvalue weighted by Gasteiger charge is -1.85. The third-order valence-electron chi connectivity index (χ3n) is 0.666. The standard InChI is InChI=1S/C4H10O2.C3H6.C2H6O2/c5-3-1-2-4-6;1-3-2;3-1-2-4/h5-6H,1-4H2;3H,1H2,2H3;3-4H,1-2H2. The molecule has 4 nitrogen and oxygen atoms in total. The highest BCUT2D eigenvalue weighted by molar-refractivity contribution is 4.51. The molecule has 0 aliphatic carbocycles. The Morgan fingerprint density at radius 2 is 1.08 bits per heavy atom. The van der Waals surface area contributed by atoms with Crippen LogP contribution in [-0.4, -0.2) is 46.9 Å². The highest BCUT2D eigenvalue weighted by Crippen LogP contribution is 1.80. The van der Waals surface area contributed by atoms with E-state index in [1.165, 1.54) is 0 Å². The van der Waals surface area contributed by atoms with Crippen LogP contribution in [0.25, 0.3) is 0 Å². The number of aliphatic hydroxyl groups is 4. The van der Waals surface area contributed by atoms with Gasteiger partial charge >= 0.3 is 0 Å². The molecule has 0 aromatic carbocycles. The molecule has 0 radical (unpaired) electrons. The van der Waals surface area contributed by atoms with Gasteiger partial charge in [0.25, 0.3) is 0 Å². The maximum atomic E-state index is 8.09. The van der Waals surface area contributed by atoms with E-state index in [0.29, 0.717) is 0 Å². The molecule has 0 atom stereocenters. The van der Waals surface area contributed by atoms with Crippen LogP contribution in [0.15, 0.2) is 12.7 Å². The molecule has 0 bridgehead atoms. The summed E-state index contributed by atoms with van der Waals surface area (Å²) in [5.74, 6) is 0. The minimum Gasteiger partial charge on any atom is -0.396 e. The zero-order chi connectivity index (χ0) is 10.9. The molecule has 0 rings (SSSR count). The Hall–Kier alpha value is -0.420. The van der Waals surface area contributed by atoms with E-state index >= 15 is 0 Å². The lowest BCUT2D eigenvalue weighted by molar-refractivity contribution is 0.186. The molecule has 13 heavy (non-hydrogen) atoms. The average molecular weight is 194 g/mol. The van der Waals surface area contributed by atoms with Gasteiger partial charge in [0.2, 0.25) is 0 Å². The normalized spacial score (nSPS) is 7.46. The van der Waals surface area contributed by atoms with Crippen molar-refractivity contribution < 1.29 is 20.4 Å². The van der Waals surface area contributed by atoms with E-state index in [1.807, 2.05) is 6.92 Å². The first-order valence-electron chi connectivity index (χ1n) is 4.25. The molecule has 0 fully saturated rings. The number of allylic oxidation sites excluding steroid dienone is 1. The van der Waals surface area contributed by atoms with Gasteiger partial charge in [-0.2, -0.15) is 0 Å². The van der Waals surface area contributed by atoms with Crippen LogP contribution in [0.1, 0.15) is 19.8 Å². The molecule has 0 aliphatic heterocycles. The van der Waals surface area contributed by atoms with Gasteiger partial charge in [-0.25, -0.2) is 0 Å². The molecule has 0 saturated heterocycles. The topological polar surface area (TPSA) is 80.9 Å². The molecule has 4 N–H and O–H groups in total. The molecule has 0 aromatic rings. The third-order valence-corrected chi connectivity index (χ3v) is 0.666. The van der Waals surface area contributed by atoms with Crippen LogP contribution >= 0.6 is 0 Å². The second-order valence-electron chi connectivity index (χ2n) is 2.01. The molecular weight excluding hydrogens is 172 g/mol. The Bertz CT molecular complexity index is 60.6. The zero-order valence-corrected chi connectivity index (χ0v) is 8.32. The van der Waals surface area contributed by atoms with Crippen molar-refractivity contribution in [1.29, 1.82) is 0 Å². The smallest absolute Gasteiger partial charge is 0.0662 e. The van der Waals surface area contributed by atoms with Crippen LogP contribution in [0.4, 0.5) is 0 Å². The summed E-state index contributed by atoms with van der Waals surface area (Å²) in [7, 11) is 0. The van der Waals surface area contributed by atoms with Crippen LogP contribution in [0, 0.1) is 0 Å². The summed E-state index contributed by atoms with van der Waals surface area (Å²) >= 11 is 0. The summed E-state index contributed by atoms with van der Waals surface area (Å²) < 4.78 is 0. The molecule has 0 unspecified atom stereocenters. The minimum absolute atomic E-state index is 0.125. The van der Waals surface area contributed by atoms with Gasteiger partial charge in [0.1, 0.15) is 0 Å². The fraction of sp³-hybridized carbons (Fsp3) is 0.778. The fourth-order valence-corrected chi connectivity index (χ4v) is 0.224. The highest BCUT2D eigenvalue weighted by atomic mass is 16.3. The lowest BCUT2D eigenvalue weighted by atomic mass is 10.3. The number of aliphatic hydroxyl groups excluding tert-OH is 4. The van der Waals surface area contributed by atoms with Gasteiger partial charge in [-0.1, -0.05) is 6.08 Å². The second kappa shape index (κ2) is 29.9. The Morgan fingerprint density at radius 1 is 0.846 bits per heavy atom. The van der Waals surface area contributed by atoms with Gasteiger partial charge < -0.3 is 20.4 Å². The van der Waals surface area contributed by atoms with Crippen LogP contribution in [0.5, 0.6) is 0 Å². The van der Waals surface area contributed by atoms with Gasteiger partial charge in [0, 0.05) is 13.2 Å². The summed E-state index contributed by atoms with van der Waals surface area (Å²) in [6.07, 6.45) is 3.19. The summed E-state index contributed by atoms with van der Waals surface area (Å²) in [4.78, 5) is 0. The molecule has 4 heteroatoms. The Kier molecular flexibility index (Phi) is 42.3. The maximum Gasteiger partial charge on any atom is 0.0662 e. The van der Waals surface area contributed by atoms with E-state index in [1.54, 1.807) is 6.08 Å². The predicted molar refractivity (Wildman–Crippen MR) is 53.4 cm³/mol. The van der Waals surface area contributed by atoms with Crippen LogP contribution in [0.2, 0.25) is 0 Å².